The van der Waals surface area contributed by atoms with Crippen molar-refractivity contribution in [2.75, 3.05) is 11.9 Å². The molecular formula is C19H25ClIN3O. The summed E-state index contributed by atoms with van der Waals surface area (Å²) in [7, 11) is 0. The number of aliphatic imine (C=N–C) groups is 1. The minimum atomic E-state index is -1.19. The largest absolute Gasteiger partial charge is 0.383 e. The number of nitrogens with one attached hydrogen (secondary N) is 1. The van der Waals surface area contributed by atoms with Gasteiger partial charge in [-0.15, -0.1) is 24.0 Å². The van der Waals surface area contributed by atoms with Crippen LogP contribution >= 0.6 is 35.6 Å². The standard InChI is InChI=1S/C19H24ClN3O.HI/c1-13(2)14-7-6-8-15(11-14)23-18(21)22-12-19(3,24)16-9-4-5-10-17(16)20;/h4-11,13,24H,12H2,1-3H3,(H3,21,22,23);1H. The Morgan fingerprint density at radius 1 is 1.24 bits per heavy atom. The van der Waals surface area contributed by atoms with Gasteiger partial charge in [-0.25, -0.2) is 4.99 Å². The molecule has 0 bridgehead atoms. The molecule has 0 aromatic heterocycles. The van der Waals surface area contributed by atoms with E-state index < -0.39 is 5.60 Å². The maximum absolute atomic E-state index is 10.6. The number of anilines is 1. The van der Waals surface area contributed by atoms with E-state index >= 15 is 0 Å². The number of halogens is 2. The van der Waals surface area contributed by atoms with E-state index in [0.29, 0.717) is 16.5 Å². The van der Waals surface area contributed by atoms with Crippen LogP contribution < -0.4 is 11.1 Å². The maximum Gasteiger partial charge on any atom is 0.193 e. The number of hydrogen-bond donors (Lipinski definition) is 3. The maximum atomic E-state index is 10.6. The molecule has 0 aliphatic carbocycles. The highest BCUT2D eigenvalue weighted by Crippen LogP contribution is 2.28. The van der Waals surface area contributed by atoms with E-state index in [2.05, 4.69) is 30.2 Å². The van der Waals surface area contributed by atoms with Crippen LogP contribution in [0, 0.1) is 0 Å². The lowest BCUT2D eigenvalue weighted by atomic mass is 9.96. The Bertz CT molecular complexity index is 732. The van der Waals surface area contributed by atoms with Gasteiger partial charge in [-0.3, -0.25) is 0 Å². The van der Waals surface area contributed by atoms with Crippen molar-refractivity contribution in [2.24, 2.45) is 10.7 Å². The first-order chi connectivity index (χ1) is 11.3. The van der Waals surface area contributed by atoms with Crippen LogP contribution in [0.5, 0.6) is 0 Å². The molecule has 0 spiro atoms. The lowest BCUT2D eigenvalue weighted by Gasteiger charge is -2.23. The molecule has 0 radical (unpaired) electrons. The van der Waals surface area contributed by atoms with Crippen molar-refractivity contribution in [3.63, 3.8) is 0 Å². The number of rotatable bonds is 5. The molecule has 6 heteroatoms. The Hall–Kier alpha value is -1.31. The fraction of sp³-hybridized carbons (Fsp3) is 0.316. The van der Waals surface area contributed by atoms with Crippen molar-refractivity contribution in [1.82, 2.24) is 0 Å². The molecule has 4 nitrogen and oxygen atoms in total. The molecule has 25 heavy (non-hydrogen) atoms. The smallest absolute Gasteiger partial charge is 0.193 e. The van der Waals surface area contributed by atoms with Crippen molar-refractivity contribution >= 4 is 47.2 Å². The molecule has 1 atom stereocenters. The van der Waals surface area contributed by atoms with Gasteiger partial charge < -0.3 is 16.2 Å². The topological polar surface area (TPSA) is 70.6 Å². The summed E-state index contributed by atoms with van der Waals surface area (Å²) < 4.78 is 0. The van der Waals surface area contributed by atoms with Crippen LogP contribution in [0.1, 0.15) is 37.8 Å². The number of hydrogen-bond acceptors (Lipinski definition) is 2. The Morgan fingerprint density at radius 3 is 2.56 bits per heavy atom. The van der Waals surface area contributed by atoms with E-state index in [1.54, 1.807) is 19.1 Å². The van der Waals surface area contributed by atoms with Crippen molar-refractivity contribution < 1.29 is 5.11 Å². The zero-order chi connectivity index (χ0) is 17.7. The summed E-state index contributed by atoms with van der Waals surface area (Å²) in [6.45, 7) is 6.05. The zero-order valence-corrected chi connectivity index (χ0v) is 17.7. The van der Waals surface area contributed by atoms with Gasteiger partial charge in [-0.2, -0.15) is 0 Å². The summed E-state index contributed by atoms with van der Waals surface area (Å²) >= 11 is 6.15. The summed E-state index contributed by atoms with van der Waals surface area (Å²) in [6, 6.07) is 15.2. The normalized spacial score (nSPS) is 13.9. The average Bonchev–Trinajstić information content (AvgIpc) is 2.53. The molecular weight excluding hydrogens is 449 g/mol. The molecule has 2 aromatic rings. The van der Waals surface area contributed by atoms with Crippen LogP contribution in [0.2, 0.25) is 5.02 Å². The van der Waals surface area contributed by atoms with E-state index in [-0.39, 0.29) is 36.5 Å². The predicted octanol–water partition coefficient (Wildman–Crippen LogP) is 4.72. The number of benzene rings is 2. The third-order valence-electron chi connectivity index (χ3n) is 3.84. The fourth-order valence-electron chi connectivity index (χ4n) is 2.39. The Kier molecular flexibility index (Phi) is 8.18. The summed E-state index contributed by atoms with van der Waals surface area (Å²) in [4.78, 5) is 4.26. The Morgan fingerprint density at radius 2 is 1.92 bits per heavy atom. The van der Waals surface area contributed by atoms with Gasteiger partial charge in [-0.05, 0) is 36.6 Å². The second kappa shape index (κ2) is 9.40. The van der Waals surface area contributed by atoms with Crippen molar-refractivity contribution in [3.8, 4) is 0 Å². The Balaban J connectivity index is 0.00000312. The third-order valence-corrected chi connectivity index (χ3v) is 4.17. The first-order valence-corrected chi connectivity index (χ1v) is 8.31. The minimum Gasteiger partial charge on any atom is -0.383 e. The van der Waals surface area contributed by atoms with E-state index in [4.69, 9.17) is 17.3 Å². The van der Waals surface area contributed by atoms with Crippen LogP contribution in [0.4, 0.5) is 5.69 Å². The quantitative estimate of drug-likeness (QED) is 0.334. The van der Waals surface area contributed by atoms with E-state index in [0.717, 1.165) is 5.69 Å². The highest BCUT2D eigenvalue weighted by Gasteiger charge is 2.25. The van der Waals surface area contributed by atoms with Crippen LogP contribution in [-0.2, 0) is 5.60 Å². The van der Waals surface area contributed by atoms with Crippen molar-refractivity contribution in [2.45, 2.75) is 32.3 Å². The number of guanidine groups is 1. The lowest BCUT2D eigenvalue weighted by Crippen LogP contribution is -2.30. The molecule has 0 saturated carbocycles. The first kappa shape index (κ1) is 21.7. The fourth-order valence-corrected chi connectivity index (χ4v) is 2.72. The zero-order valence-electron chi connectivity index (χ0n) is 14.7. The van der Waals surface area contributed by atoms with Gasteiger partial charge in [0.2, 0.25) is 0 Å². The number of nitrogens with zero attached hydrogens (tertiary/aromatic N) is 1. The van der Waals surface area contributed by atoms with Gasteiger partial charge in [0.15, 0.2) is 5.96 Å². The van der Waals surface area contributed by atoms with Crippen LogP contribution in [0.15, 0.2) is 53.5 Å². The summed E-state index contributed by atoms with van der Waals surface area (Å²) in [5.41, 5.74) is 7.48. The van der Waals surface area contributed by atoms with Gasteiger partial charge in [-0.1, -0.05) is 55.8 Å². The van der Waals surface area contributed by atoms with E-state index in [9.17, 15) is 5.11 Å². The molecule has 0 fully saturated rings. The number of nitrogens with two attached hydrogens (primary N) is 1. The summed E-state index contributed by atoms with van der Waals surface area (Å²) in [5.74, 6) is 0.689. The molecule has 2 rings (SSSR count). The van der Waals surface area contributed by atoms with Gasteiger partial charge in [0.1, 0.15) is 5.60 Å². The molecule has 0 heterocycles. The molecule has 0 amide bonds. The summed E-state index contributed by atoms with van der Waals surface area (Å²) in [5, 5.41) is 14.2. The van der Waals surface area contributed by atoms with Crippen LogP contribution in [0.25, 0.3) is 0 Å². The lowest BCUT2D eigenvalue weighted by molar-refractivity contribution is 0.0675. The Labute approximate surface area is 171 Å². The third kappa shape index (κ3) is 6.17. The van der Waals surface area contributed by atoms with Gasteiger partial charge in [0.05, 0.1) is 6.54 Å². The molecule has 1 unspecified atom stereocenters. The second-order valence-corrected chi connectivity index (χ2v) is 6.77. The minimum absolute atomic E-state index is 0. The van der Waals surface area contributed by atoms with E-state index in [1.807, 2.05) is 30.3 Å². The molecule has 4 N–H and O–H groups in total. The van der Waals surface area contributed by atoms with Gasteiger partial charge in [0, 0.05) is 16.3 Å². The van der Waals surface area contributed by atoms with Crippen LogP contribution in [-0.4, -0.2) is 17.6 Å². The SMILES string of the molecule is CC(C)c1cccc(NC(N)=NCC(C)(O)c2ccccc2Cl)c1.I. The molecule has 0 saturated heterocycles. The number of aliphatic hydroxyl groups is 1. The second-order valence-electron chi connectivity index (χ2n) is 6.36. The van der Waals surface area contributed by atoms with Crippen molar-refractivity contribution in [1.29, 1.82) is 0 Å². The first-order valence-electron chi connectivity index (χ1n) is 7.94. The molecule has 0 aliphatic heterocycles. The van der Waals surface area contributed by atoms with Gasteiger partial charge >= 0.3 is 0 Å². The predicted molar refractivity (Wildman–Crippen MR) is 117 cm³/mol. The molecule has 2 aromatic carbocycles. The highest BCUT2D eigenvalue weighted by atomic mass is 127. The van der Waals surface area contributed by atoms with Gasteiger partial charge in [0.25, 0.3) is 0 Å². The molecule has 136 valence electrons. The molecule has 0 aliphatic rings. The summed E-state index contributed by atoms with van der Waals surface area (Å²) in [6.07, 6.45) is 0. The van der Waals surface area contributed by atoms with E-state index in [1.165, 1.54) is 5.56 Å². The highest BCUT2D eigenvalue weighted by molar-refractivity contribution is 14.0. The average molecular weight is 474 g/mol. The van der Waals surface area contributed by atoms with Crippen LogP contribution in [0.3, 0.4) is 0 Å². The monoisotopic (exact) mass is 473 g/mol. The van der Waals surface area contributed by atoms with Crippen molar-refractivity contribution in [3.05, 3.63) is 64.7 Å².